The molecule has 0 fully saturated rings. The minimum Gasteiger partial charge on any atom is -0.466 e. The van der Waals surface area contributed by atoms with Crippen molar-refractivity contribution < 1.29 is 14.3 Å². The van der Waals surface area contributed by atoms with Crippen molar-refractivity contribution in [3.8, 4) is 0 Å². The fourth-order valence-electron chi connectivity index (χ4n) is 3.55. The Hall–Kier alpha value is -4.06. The fraction of sp³-hybridized carbons (Fsp3) is 0.120. The summed E-state index contributed by atoms with van der Waals surface area (Å²) in [4.78, 5) is 24.6. The van der Waals surface area contributed by atoms with Crippen molar-refractivity contribution >= 4 is 40.2 Å². The normalized spacial score (nSPS) is 13.9. The zero-order chi connectivity index (χ0) is 21.8. The molecule has 0 atom stereocenters. The van der Waals surface area contributed by atoms with Crippen LogP contribution in [0.15, 0.2) is 72.8 Å². The molecule has 0 aromatic heterocycles. The van der Waals surface area contributed by atoms with Gasteiger partial charge >= 0.3 is 5.97 Å². The van der Waals surface area contributed by atoms with E-state index in [2.05, 4.69) is 10.6 Å². The molecule has 3 aromatic rings. The number of amides is 1. The molecule has 6 nitrogen and oxygen atoms in total. The molecule has 3 aromatic carbocycles. The first-order valence-corrected chi connectivity index (χ1v) is 10.1. The second kappa shape index (κ2) is 8.75. The van der Waals surface area contributed by atoms with Gasteiger partial charge in [-0.15, -0.1) is 0 Å². The van der Waals surface area contributed by atoms with Crippen LogP contribution in [0.3, 0.4) is 0 Å². The number of nitrogen functional groups attached to an aromatic ring is 1. The summed E-state index contributed by atoms with van der Waals surface area (Å²) in [6.07, 6.45) is 0.218. The molecule has 1 heterocycles. The van der Waals surface area contributed by atoms with Gasteiger partial charge in [-0.2, -0.15) is 0 Å². The lowest BCUT2D eigenvalue weighted by molar-refractivity contribution is -0.142. The number of rotatable bonds is 6. The maximum Gasteiger partial charge on any atom is 0.310 e. The summed E-state index contributed by atoms with van der Waals surface area (Å²) in [6.45, 7) is 2.15. The highest BCUT2D eigenvalue weighted by Gasteiger charge is 2.28. The minimum absolute atomic E-state index is 0.189. The summed E-state index contributed by atoms with van der Waals surface area (Å²) in [5.41, 5.74) is 11.8. The number of benzene rings is 3. The van der Waals surface area contributed by atoms with Crippen LogP contribution in [0, 0.1) is 0 Å². The Kier molecular flexibility index (Phi) is 5.71. The number of carbonyl (C=O) groups excluding carboxylic acids is 2. The van der Waals surface area contributed by atoms with Gasteiger partial charge in [0.25, 0.3) is 5.91 Å². The molecular formula is C25H23N3O3. The van der Waals surface area contributed by atoms with Gasteiger partial charge in [0, 0.05) is 22.6 Å². The molecule has 31 heavy (non-hydrogen) atoms. The van der Waals surface area contributed by atoms with Gasteiger partial charge in [-0.1, -0.05) is 42.5 Å². The average molecular weight is 413 g/mol. The third kappa shape index (κ3) is 4.43. The summed E-state index contributed by atoms with van der Waals surface area (Å²) < 4.78 is 5.00. The van der Waals surface area contributed by atoms with Crippen LogP contribution in [0.2, 0.25) is 0 Å². The van der Waals surface area contributed by atoms with Gasteiger partial charge in [-0.3, -0.25) is 9.59 Å². The number of fused-ring (bicyclic) bond motifs is 1. The van der Waals surface area contributed by atoms with Crippen molar-refractivity contribution in [1.29, 1.82) is 0 Å². The molecule has 0 bridgehead atoms. The van der Waals surface area contributed by atoms with Crippen LogP contribution in [0.5, 0.6) is 0 Å². The average Bonchev–Trinajstić information content (AvgIpc) is 3.09. The summed E-state index contributed by atoms with van der Waals surface area (Å²) in [6, 6.07) is 22.5. The molecule has 0 unspecified atom stereocenters. The van der Waals surface area contributed by atoms with Gasteiger partial charge in [0.15, 0.2) is 0 Å². The SMILES string of the molecule is CCOC(=O)Cc1ccc(N/C(=C2\C(=O)Nc3ccc(N)cc32)c2ccccc2)cc1. The lowest BCUT2D eigenvalue weighted by atomic mass is 9.99. The van der Waals surface area contributed by atoms with E-state index in [-0.39, 0.29) is 18.3 Å². The van der Waals surface area contributed by atoms with E-state index in [4.69, 9.17) is 10.5 Å². The lowest BCUT2D eigenvalue weighted by Crippen LogP contribution is -2.10. The summed E-state index contributed by atoms with van der Waals surface area (Å²) in [7, 11) is 0. The van der Waals surface area contributed by atoms with Crippen LogP contribution in [0.1, 0.15) is 23.6 Å². The van der Waals surface area contributed by atoms with E-state index in [0.717, 1.165) is 28.1 Å². The van der Waals surface area contributed by atoms with Crippen LogP contribution in [-0.4, -0.2) is 18.5 Å². The van der Waals surface area contributed by atoms with E-state index in [0.29, 0.717) is 23.6 Å². The Morgan fingerprint density at radius 2 is 1.77 bits per heavy atom. The van der Waals surface area contributed by atoms with E-state index in [1.54, 1.807) is 19.1 Å². The summed E-state index contributed by atoms with van der Waals surface area (Å²) in [5.74, 6) is -0.446. The van der Waals surface area contributed by atoms with Gasteiger partial charge in [-0.05, 0) is 48.4 Å². The second-order valence-electron chi connectivity index (χ2n) is 7.18. The Morgan fingerprint density at radius 3 is 2.48 bits per heavy atom. The fourth-order valence-corrected chi connectivity index (χ4v) is 3.55. The highest BCUT2D eigenvalue weighted by atomic mass is 16.5. The highest BCUT2D eigenvalue weighted by molar-refractivity contribution is 6.37. The Balaban J connectivity index is 1.72. The smallest absolute Gasteiger partial charge is 0.310 e. The number of ether oxygens (including phenoxy) is 1. The molecule has 0 spiro atoms. The number of hydrogen-bond acceptors (Lipinski definition) is 5. The topological polar surface area (TPSA) is 93.4 Å². The van der Waals surface area contributed by atoms with Crippen molar-refractivity contribution in [2.24, 2.45) is 0 Å². The standard InChI is InChI=1S/C25H23N3O3/c1-2-31-22(29)14-16-8-11-19(12-9-16)27-24(17-6-4-3-5-7-17)23-20-15-18(26)10-13-21(20)28-25(23)30/h3-13,15,27H,2,14,26H2,1H3,(H,28,30)/b24-23-. The number of carbonyl (C=O) groups is 2. The number of nitrogens with one attached hydrogen (secondary N) is 2. The largest absolute Gasteiger partial charge is 0.466 e. The molecule has 1 aliphatic rings. The molecular weight excluding hydrogens is 390 g/mol. The third-order valence-electron chi connectivity index (χ3n) is 4.98. The van der Waals surface area contributed by atoms with E-state index >= 15 is 0 Å². The molecule has 0 radical (unpaired) electrons. The molecule has 6 heteroatoms. The van der Waals surface area contributed by atoms with Gasteiger partial charge in [0.05, 0.1) is 24.3 Å². The van der Waals surface area contributed by atoms with Gasteiger partial charge < -0.3 is 21.1 Å². The Morgan fingerprint density at radius 1 is 1.03 bits per heavy atom. The molecule has 4 N–H and O–H groups in total. The highest BCUT2D eigenvalue weighted by Crippen LogP contribution is 2.38. The monoisotopic (exact) mass is 413 g/mol. The van der Waals surface area contributed by atoms with Crippen molar-refractivity contribution in [2.75, 3.05) is 23.0 Å². The van der Waals surface area contributed by atoms with Gasteiger partial charge in [-0.25, -0.2) is 0 Å². The zero-order valence-corrected chi connectivity index (χ0v) is 17.1. The minimum atomic E-state index is -0.257. The third-order valence-corrected chi connectivity index (χ3v) is 4.98. The maximum absolute atomic E-state index is 12.9. The number of nitrogens with two attached hydrogens (primary N) is 1. The van der Waals surface area contributed by atoms with Crippen LogP contribution in [0.25, 0.3) is 11.3 Å². The first kappa shape index (κ1) is 20.2. The van der Waals surface area contributed by atoms with E-state index in [1.807, 2.05) is 60.7 Å². The Labute approximate surface area is 180 Å². The van der Waals surface area contributed by atoms with Crippen LogP contribution in [0.4, 0.5) is 17.1 Å². The first-order valence-electron chi connectivity index (χ1n) is 10.1. The number of anilines is 3. The van der Waals surface area contributed by atoms with Crippen molar-refractivity contribution in [3.63, 3.8) is 0 Å². The van der Waals surface area contributed by atoms with Crippen molar-refractivity contribution in [3.05, 3.63) is 89.5 Å². The molecule has 0 saturated heterocycles. The maximum atomic E-state index is 12.9. The molecule has 1 amide bonds. The van der Waals surface area contributed by atoms with Gasteiger partial charge in [0.2, 0.25) is 0 Å². The van der Waals surface area contributed by atoms with E-state index in [9.17, 15) is 9.59 Å². The van der Waals surface area contributed by atoms with Crippen molar-refractivity contribution in [1.82, 2.24) is 0 Å². The predicted molar refractivity (Wildman–Crippen MR) is 123 cm³/mol. The number of hydrogen-bond donors (Lipinski definition) is 3. The zero-order valence-electron chi connectivity index (χ0n) is 17.1. The predicted octanol–water partition coefficient (Wildman–Crippen LogP) is 4.31. The quantitative estimate of drug-likeness (QED) is 0.318. The number of esters is 1. The summed E-state index contributed by atoms with van der Waals surface area (Å²) in [5, 5.41) is 6.31. The van der Waals surface area contributed by atoms with Crippen LogP contribution in [-0.2, 0) is 20.7 Å². The molecule has 4 rings (SSSR count). The van der Waals surface area contributed by atoms with Crippen molar-refractivity contribution in [2.45, 2.75) is 13.3 Å². The lowest BCUT2D eigenvalue weighted by Gasteiger charge is -2.15. The van der Waals surface area contributed by atoms with Crippen LogP contribution < -0.4 is 16.4 Å². The van der Waals surface area contributed by atoms with Gasteiger partial charge in [0.1, 0.15) is 0 Å². The van der Waals surface area contributed by atoms with E-state index in [1.165, 1.54) is 0 Å². The Bertz CT molecular complexity index is 1150. The first-order chi connectivity index (χ1) is 15.0. The summed E-state index contributed by atoms with van der Waals surface area (Å²) >= 11 is 0. The molecule has 1 aliphatic heterocycles. The second-order valence-corrected chi connectivity index (χ2v) is 7.18. The van der Waals surface area contributed by atoms with Crippen LogP contribution >= 0.6 is 0 Å². The molecule has 0 saturated carbocycles. The van der Waals surface area contributed by atoms with E-state index < -0.39 is 0 Å². The molecule has 0 aliphatic carbocycles. The molecule has 156 valence electrons.